The maximum absolute atomic E-state index is 12.3. The van der Waals surface area contributed by atoms with Crippen LogP contribution in [0.1, 0.15) is 10.4 Å². The lowest BCUT2D eigenvalue weighted by atomic mass is 10.2. The molecule has 0 aliphatic heterocycles. The third-order valence-electron chi connectivity index (χ3n) is 3.32. The summed E-state index contributed by atoms with van der Waals surface area (Å²) in [5.74, 6) is -1.13. The topological polar surface area (TPSA) is 89.8 Å². The summed E-state index contributed by atoms with van der Waals surface area (Å²) in [6.07, 6.45) is 1.57. The Bertz CT molecular complexity index is 772. The number of hydrogen-bond donors (Lipinski definition) is 0. The molecule has 0 heterocycles. The van der Waals surface area contributed by atoms with Gasteiger partial charge in [-0.2, -0.15) is 0 Å². The molecule has 0 aliphatic carbocycles. The maximum Gasteiger partial charge on any atom is 0.338 e. The van der Waals surface area contributed by atoms with E-state index < -0.39 is 23.4 Å². The van der Waals surface area contributed by atoms with Gasteiger partial charge in [0.25, 0.3) is 11.6 Å². The SMILES string of the molecule is C=CCN(C(=O)COC(=O)c1ccc([N+](=O)[O-])cc1)c1ccccc1. The molecular weight excluding hydrogens is 324 g/mol. The van der Waals surface area contributed by atoms with Gasteiger partial charge in [0.2, 0.25) is 0 Å². The van der Waals surface area contributed by atoms with Crippen molar-refractivity contribution in [3.8, 4) is 0 Å². The molecule has 0 bridgehead atoms. The molecule has 0 radical (unpaired) electrons. The van der Waals surface area contributed by atoms with Gasteiger partial charge in [-0.25, -0.2) is 4.79 Å². The maximum atomic E-state index is 12.3. The Hall–Kier alpha value is -3.48. The molecule has 128 valence electrons. The van der Waals surface area contributed by atoms with E-state index in [1.807, 2.05) is 6.07 Å². The Balaban J connectivity index is 2.00. The van der Waals surface area contributed by atoms with Gasteiger partial charge in [0, 0.05) is 24.4 Å². The Labute approximate surface area is 144 Å². The van der Waals surface area contributed by atoms with Crippen molar-refractivity contribution in [2.24, 2.45) is 0 Å². The Morgan fingerprint density at radius 2 is 1.76 bits per heavy atom. The van der Waals surface area contributed by atoms with E-state index in [0.717, 1.165) is 0 Å². The number of esters is 1. The number of carbonyl (C=O) groups is 2. The smallest absolute Gasteiger partial charge is 0.338 e. The summed E-state index contributed by atoms with van der Waals surface area (Å²) in [6.45, 7) is 3.45. The number of hydrogen-bond acceptors (Lipinski definition) is 5. The van der Waals surface area contributed by atoms with Crippen LogP contribution in [0.5, 0.6) is 0 Å². The van der Waals surface area contributed by atoms with E-state index in [2.05, 4.69) is 6.58 Å². The van der Waals surface area contributed by atoms with Crippen LogP contribution in [0.25, 0.3) is 0 Å². The first-order valence-corrected chi connectivity index (χ1v) is 7.41. The van der Waals surface area contributed by atoms with Crippen LogP contribution >= 0.6 is 0 Å². The summed E-state index contributed by atoms with van der Waals surface area (Å²) in [5.41, 5.74) is 0.668. The van der Waals surface area contributed by atoms with Crippen LogP contribution in [-0.2, 0) is 9.53 Å². The summed E-state index contributed by atoms with van der Waals surface area (Å²) in [4.78, 5) is 35.8. The minimum Gasteiger partial charge on any atom is -0.452 e. The average molecular weight is 340 g/mol. The predicted octanol–water partition coefficient (Wildman–Crippen LogP) is 2.97. The molecule has 2 aromatic rings. The number of carbonyl (C=O) groups excluding carboxylic acids is 2. The van der Waals surface area contributed by atoms with Crippen molar-refractivity contribution in [2.45, 2.75) is 0 Å². The van der Waals surface area contributed by atoms with E-state index in [4.69, 9.17) is 4.74 Å². The second kappa shape index (κ2) is 8.39. The molecule has 1 amide bonds. The summed E-state index contributed by atoms with van der Waals surface area (Å²) in [7, 11) is 0. The van der Waals surface area contributed by atoms with E-state index in [0.29, 0.717) is 5.69 Å². The van der Waals surface area contributed by atoms with Crippen molar-refractivity contribution in [2.75, 3.05) is 18.1 Å². The summed E-state index contributed by atoms with van der Waals surface area (Å²) >= 11 is 0. The highest BCUT2D eigenvalue weighted by Gasteiger charge is 2.17. The fourth-order valence-electron chi connectivity index (χ4n) is 2.10. The Kier molecular flexibility index (Phi) is 6.00. The zero-order valence-corrected chi connectivity index (χ0v) is 13.3. The van der Waals surface area contributed by atoms with E-state index in [-0.39, 0.29) is 17.8 Å². The van der Waals surface area contributed by atoms with Crippen LogP contribution in [-0.4, -0.2) is 30.0 Å². The molecule has 0 spiro atoms. The van der Waals surface area contributed by atoms with Crippen LogP contribution in [0, 0.1) is 10.1 Å². The predicted molar refractivity (Wildman–Crippen MR) is 92.4 cm³/mol. The molecule has 0 unspecified atom stereocenters. The highest BCUT2D eigenvalue weighted by atomic mass is 16.6. The van der Waals surface area contributed by atoms with Gasteiger partial charge in [-0.3, -0.25) is 14.9 Å². The van der Waals surface area contributed by atoms with Crippen LogP contribution in [0.3, 0.4) is 0 Å². The standard InChI is InChI=1S/C18H16N2O5/c1-2-12-19(15-6-4-3-5-7-15)17(21)13-25-18(22)14-8-10-16(11-9-14)20(23)24/h2-11H,1,12-13H2. The quantitative estimate of drug-likeness (QED) is 0.334. The monoisotopic (exact) mass is 340 g/mol. The number of non-ortho nitro benzene ring substituents is 1. The van der Waals surface area contributed by atoms with Crippen LogP contribution in [0.2, 0.25) is 0 Å². The van der Waals surface area contributed by atoms with Gasteiger partial charge >= 0.3 is 5.97 Å². The van der Waals surface area contributed by atoms with Crippen molar-refractivity contribution < 1.29 is 19.2 Å². The third-order valence-corrected chi connectivity index (χ3v) is 3.32. The number of anilines is 1. The van der Waals surface area contributed by atoms with Crippen LogP contribution in [0.15, 0.2) is 67.3 Å². The zero-order valence-electron chi connectivity index (χ0n) is 13.3. The van der Waals surface area contributed by atoms with Crippen LogP contribution in [0.4, 0.5) is 11.4 Å². The van der Waals surface area contributed by atoms with Gasteiger partial charge in [-0.15, -0.1) is 6.58 Å². The number of nitro groups is 1. The Morgan fingerprint density at radius 1 is 1.12 bits per heavy atom. The van der Waals surface area contributed by atoms with Crippen molar-refractivity contribution in [3.63, 3.8) is 0 Å². The molecule has 2 aromatic carbocycles. The minimum atomic E-state index is -0.727. The van der Waals surface area contributed by atoms with E-state index >= 15 is 0 Å². The fourth-order valence-corrected chi connectivity index (χ4v) is 2.10. The molecule has 7 heteroatoms. The van der Waals surface area contributed by atoms with Gasteiger partial charge in [-0.05, 0) is 24.3 Å². The fraction of sp³-hybridized carbons (Fsp3) is 0.111. The molecule has 0 aromatic heterocycles. The summed E-state index contributed by atoms with van der Waals surface area (Å²) in [5, 5.41) is 10.6. The van der Waals surface area contributed by atoms with Crippen LogP contribution < -0.4 is 4.90 Å². The van der Waals surface area contributed by atoms with Crippen molar-refractivity contribution in [3.05, 3.63) is 82.9 Å². The van der Waals surface area contributed by atoms with Gasteiger partial charge in [-0.1, -0.05) is 24.3 Å². The molecular formula is C18H16N2O5. The number of amides is 1. The molecule has 0 N–H and O–H groups in total. The molecule has 25 heavy (non-hydrogen) atoms. The molecule has 7 nitrogen and oxygen atoms in total. The molecule has 2 rings (SSSR count). The Morgan fingerprint density at radius 3 is 2.32 bits per heavy atom. The molecule has 0 fully saturated rings. The number of ether oxygens (including phenoxy) is 1. The first-order chi connectivity index (χ1) is 12.0. The van der Waals surface area contributed by atoms with Crippen molar-refractivity contribution in [1.29, 1.82) is 0 Å². The van der Waals surface area contributed by atoms with Gasteiger partial charge < -0.3 is 9.64 Å². The summed E-state index contributed by atoms with van der Waals surface area (Å²) in [6, 6.07) is 13.9. The molecule has 0 aliphatic rings. The lowest BCUT2D eigenvalue weighted by Gasteiger charge is -2.21. The first kappa shape index (κ1) is 17.9. The number of nitrogens with zero attached hydrogens (tertiary/aromatic N) is 2. The number of para-hydroxylation sites is 1. The largest absolute Gasteiger partial charge is 0.452 e. The van der Waals surface area contributed by atoms with Gasteiger partial charge in [0.05, 0.1) is 10.5 Å². The molecule has 0 saturated carbocycles. The van der Waals surface area contributed by atoms with E-state index in [9.17, 15) is 19.7 Å². The van der Waals surface area contributed by atoms with E-state index in [1.54, 1.807) is 30.3 Å². The van der Waals surface area contributed by atoms with Gasteiger partial charge in [0.1, 0.15) is 0 Å². The lowest BCUT2D eigenvalue weighted by molar-refractivity contribution is -0.384. The highest BCUT2D eigenvalue weighted by Crippen LogP contribution is 2.15. The summed E-state index contributed by atoms with van der Waals surface area (Å²) < 4.78 is 5.00. The second-order valence-corrected chi connectivity index (χ2v) is 5.01. The van der Waals surface area contributed by atoms with Crippen molar-refractivity contribution >= 4 is 23.3 Å². The average Bonchev–Trinajstić information content (AvgIpc) is 2.64. The molecule has 0 atom stereocenters. The molecule has 0 saturated heterocycles. The van der Waals surface area contributed by atoms with Gasteiger partial charge in [0.15, 0.2) is 6.61 Å². The lowest BCUT2D eigenvalue weighted by Crippen LogP contribution is -2.34. The third kappa shape index (κ3) is 4.74. The van der Waals surface area contributed by atoms with Crippen molar-refractivity contribution in [1.82, 2.24) is 0 Å². The van der Waals surface area contributed by atoms with E-state index in [1.165, 1.54) is 29.2 Å². The zero-order chi connectivity index (χ0) is 18.2. The number of nitro benzene ring substituents is 1. The minimum absolute atomic E-state index is 0.131. The number of benzene rings is 2. The highest BCUT2D eigenvalue weighted by molar-refractivity contribution is 5.97. The number of rotatable bonds is 7. The second-order valence-electron chi connectivity index (χ2n) is 5.01. The first-order valence-electron chi connectivity index (χ1n) is 7.41. The normalized spacial score (nSPS) is 9.92.